The molecule has 0 unspecified atom stereocenters. The maximum Gasteiger partial charge on any atom is 0.191 e. The molecule has 0 aromatic carbocycles. The van der Waals surface area contributed by atoms with Crippen molar-refractivity contribution < 1.29 is 4.42 Å². The Morgan fingerprint density at radius 1 is 1.44 bits per heavy atom. The third-order valence-corrected chi connectivity index (χ3v) is 2.23. The molecule has 5 nitrogen and oxygen atoms in total. The molecule has 0 amide bonds. The van der Waals surface area contributed by atoms with Gasteiger partial charge in [0.1, 0.15) is 11.5 Å². The maximum atomic E-state index is 5.35. The van der Waals surface area contributed by atoms with E-state index in [1.807, 2.05) is 31.8 Å². The number of rotatable bonds is 3. The van der Waals surface area contributed by atoms with Crippen LogP contribution in [-0.4, -0.2) is 21.8 Å². The number of hydrogen-bond acceptors (Lipinski definition) is 4. The Morgan fingerprint density at radius 3 is 2.69 bits per heavy atom. The zero-order valence-corrected chi connectivity index (χ0v) is 10.3. The highest BCUT2D eigenvalue weighted by Crippen LogP contribution is 2.11. The summed E-state index contributed by atoms with van der Waals surface area (Å²) in [4.78, 5) is 4.29. The predicted molar refractivity (Wildman–Crippen MR) is 64.1 cm³/mol. The molecule has 0 bridgehead atoms. The first kappa shape index (κ1) is 12.6. The van der Waals surface area contributed by atoms with Gasteiger partial charge in [-0.05, 0) is 6.92 Å². The summed E-state index contributed by atoms with van der Waals surface area (Å²) in [5, 5.41) is 7.23. The number of anilines is 1. The van der Waals surface area contributed by atoms with Crippen LogP contribution < -0.4 is 5.32 Å². The number of aryl methyl sites for hydroxylation is 2. The van der Waals surface area contributed by atoms with Gasteiger partial charge in [-0.15, -0.1) is 12.4 Å². The summed E-state index contributed by atoms with van der Waals surface area (Å²) in [6, 6.07) is 0. The molecule has 2 aromatic heterocycles. The summed E-state index contributed by atoms with van der Waals surface area (Å²) >= 11 is 0. The van der Waals surface area contributed by atoms with Gasteiger partial charge in [0, 0.05) is 20.2 Å². The minimum absolute atomic E-state index is 0. The van der Waals surface area contributed by atoms with Gasteiger partial charge in [-0.3, -0.25) is 4.68 Å². The summed E-state index contributed by atoms with van der Waals surface area (Å²) < 4.78 is 7.18. The van der Waals surface area contributed by atoms with Crippen LogP contribution in [-0.2, 0) is 6.54 Å². The van der Waals surface area contributed by atoms with Crippen molar-refractivity contribution in [2.75, 3.05) is 12.4 Å². The number of nitrogens with zero attached hydrogens (tertiary/aromatic N) is 3. The fourth-order valence-corrected chi connectivity index (χ4v) is 1.45. The Kier molecular flexibility index (Phi) is 3.95. The molecule has 1 N–H and O–H groups in total. The van der Waals surface area contributed by atoms with Gasteiger partial charge in [-0.25, -0.2) is 4.98 Å². The van der Waals surface area contributed by atoms with E-state index in [4.69, 9.17) is 4.42 Å². The third-order valence-electron chi connectivity index (χ3n) is 2.23. The van der Waals surface area contributed by atoms with Crippen LogP contribution in [0.15, 0.2) is 16.8 Å². The molecule has 0 atom stereocenters. The molecule has 2 heterocycles. The van der Waals surface area contributed by atoms with E-state index < -0.39 is 0 Å². The van der Waals surface area contributed by atoms with Crippen molar-refractivity contribution in [1.29, 1.82) is 0 Å². The molecule has 2 rings (SSSR count). The van der Waals surface area contributed by atoms with Gasteiger partial charge >= 0.3 is 0 Å². The molecule has 0 aliphatic heterocycles. The average Bonchev–Trinajstić information content (AvgIpc) is 2.75. The molecule has 0 saturated carbocycles. The van der Waals surface area contributed by atoms with Gasteiger partial charge in [0.15, 0.2) is 5.89 Å². The monoisotopic (exact) mass is 242 g/mol. The molecular weight excluding hydrogens is 228 g/mol. The minimum Gasteiger partial charge on any atom is -0.446 e. The molecule has 2 aromatic rings. The highest BCUT2D eigenvalue weighted by atomic mass is 35.5. The maximum absolute atomic E-state index is 5.35. The number of nitrogens with one attached hydrogen (secondary N) is 1. The van der Waals surface area contributed by atoms with Gasteiger partial charge in [0.05, 0.1) is 18.4 Å². The predicted octanol–water partition coefficient (Wildman–Crippen LogP) is 2.00. The van der Waals surface area contributed by atoms with E-state index in [9.17, 15) is 0 Å². The Bertz CT molecular complexity index is 463. The summed E-state index contributed by atoms with van der Waals surface area (Å²) in [5.41, 5.74) is 1.92. The van der Waals surface area contributed by atoms with Crippen LogP contribution in [0.25, 0.3) is 0 Å². The number of oxazole rings is 1. The average molecular weight is 243 g/mol. The SMILES string of the molecule is CNc1cnn(Cc2nc(C)oc2C)c1.Cl. The van der Waals surface area contributed by atoms with Gasteiger partial charge < -0.3 is 9.73 Å². The molecule has 0 aliphatic rings. The van der Waals surface area contributed by atoms with Crippen LogP contribution in [0.5, 0.6) is 0 Å². The molecule has 0 saturated heterocycles. The van der Waals surface area contributed by atoms with Crippen LogP contribution >= 0.6 is 12.4 Å². The molecule has 0 aliphatic carbocycles. The molecule has 88 valence electrons. The van der Waals surface area contributed by atoms with E-state index >= 15 is 0 Å². The van der Waals surface area contributed by atoms with Gasteiger partial charge in [-0.2, -0.15) is 5.10 Å². The van der Waals surface area contributed by atoms with Crippen LogP contribution in [0.1, 0.15) is 17.3 Å². The van der Waals surface area contributed by atoms with Gasteiger partial charge in [0.25, 0.3) is 0 Å². The lowest BCUT2D eigenvalue weighted by Gasteiger charge is -1.97. The van der Waals surface area contributed by atoms with Crippen LogP contribution in [0.4, 0.5) is 5.69 Å². The van der Waals surface area contributed by atoms with Gasteiger partial charge in [-0.1, -0.05) is 0 Å². The molecular formula is C10H15ClN4O. The van der Waals surface area contributed by atoms with Crippen LogP contribution in [0, 0.1) is 13.8 Å². The zero-order valence-electron chi connectivity index (χ0n) is 9.52. The lowest BCUT2D eigenvalue weighted by molar-refractivity contribution is 0.491. The van der Waals surface area contributed by atoms with Crippen molar-refractivity contribution in [3.63, 3.8) is 0 Å². The topological polar surface area (TPSA) is 55.9 Å². The molecule has 16 heavy (non-hydrogen) atoms. The fourth-order valence-electron chi connectivity index (χ4n) is 1.45. The Morgan fingerprint density at radius 2 is 2.19 bits per heavy atom. The van der Waals surface area contributed by atoms with E-state index in [1.165, 1.54) is 0 Å². The van der Waals surface area contributed by atoms with E-state index in [1.54, 1.807) is 6.20 Å². The third kappa shape index (κ3) is 2.55. The number of aromatic nitrogens is 3. The first-order valence-corrected chi connectivity index (χ1v) is 4.82. The minimum atomic E-state index is 0. The molecule has 6 heteroatoms. The summed E-state index contributed by atoms with van der Waals surface area (Å²) in [6.45, 7) is 4.40. The molecule has 0 radical (unpaired) electrons. The van der Waals surface area contributed by atoms with E-state index in [0.717, 1.165) is 17.1 Å². The number of hydrogen-bond donors (Lipinski definition) is 1. The number of halogens is 1. The molecule has 0 fully saturated rings. The van der Waals surface area contributed by atoms with Crippen molar-refractivity contribution in [2.24, 2.45) is 0 Å². The van der Waals surface area contributed by atoms with Crippen LogP contribution in [0.3, 0.4) is 0 Å². The quantitative estimate of drug-likeness (QED) is 0.895. The van der Waals surface area contributed by atoms with E-state index in [0.29, 0.717) is 12.4 Å². The standard InChI is InChI=1S/C10H14N4O.ClH/c1-7-10(13-8(2)15-7)6-14-5-9(11-3)4-12-14;/h4-5,11H,6H2,1-3H3;1H. The van der Waals surface area contributed by atoms with E-state index in [2.05, 4.69) is 15.4 Å². The normalized spacial score (nSPS) is 9.94. The highest BCUT2D eigenvalue weighted by molar-refractivity contribution is 5.85. The fraction of sp³-hybridized carbons (Fsp3) is 0.400. The second kappa shape index (κ2) is 5.03. The largest absolute Gasteiger partial charge is 0.446 e. The Balaban J connectivity index is 0.00000128. The second-order valence-electron chi connectivity index (χ2n) is 3.41. The van der Waals surface area contributed by atoms with Crippen molar-refractivity contribution in [3.05, 3.63) is 29.7 Å². The Labute approximate surface area is 100 Å². The highest BCUT2D eigenvalue weighted by Gasteiger charge is 2.07. The summed E-state index contributed by atoms with van der Waals surface area (Å²) in [6.07, 6.45) is 3.71. The molecule has 0 spiro atoms. The summed E-state index contributed by atoms with van der Waals surface area (Å²) in [7, 11) is 1.87. The summed E-state index contributed by atoms with van der Waals surface area (Å²) in [5.74, 6) is 1.55. The van der Waals surface area contributed by atoms with Gasteiger partial charge in [0.2, 0.25) is 0 Å². The van der Waals surface area contributed by atoms with Crippen LogP contribution in [0.2, 0.25) is 0 Å². The second-order valence-corrected chi connectivity index (χ2v) is 3.41. The van der Waals surface area contributed by atoms with E-state index in [-0.39, 0.29) is 12.4 Å². The lowest BCUT2D eigenvalue weighted by Crippen LogP contribution is -2.01. The zero-order chi connectivity index (χ0) is 10.8. The lowest BCUT2D eigenvalue weighted by atomic mass is 10.4. The van der Waals surface area contributed by atoms with Crippen molar-refractivity contribution in [1.82, 2.24) is 14.8 Å². The van der Waals surface area contributed by atoms with Crippen molar-refractivity contribution >= 4 is 18.1 Å². The smallest absolute Gasteiger partial charge is 0.191 e. The van der Waals surface area contributed by atoms with Crippen molar-refractivity contribution in [2.45, 2.75) is 20.4 Å². The Hall–Kier alpha value is -1.49. The first-order valence-electron chi connectivity index (χ1n) is 4.82. The van der Waals surface area contributed by atoms with Crippen molar-refractivity contribution in [3.8, 4) is 0 Å². The first-order chi connectivity index (χ1) is 7.19.